The molecule has 2 aliphatic rings. The normalized spacial score (nSPS) is 18.9. The van der Waals surface area contributed by atoms with E-state index >= 15 is 0 Å². The molecule has 0 amide bonds. The number of benzene rings is 2. The number of Topliss-reactive ketones (excluding diaryl/α,β-unsaturated/α-hetero) is 2. The van der Waals surface area contributed by atoms with Gasteiger partial charge in [-0.2, -0.15) is 0 Å². The Bertz CT molecular complexity index is 1830. The van der Waals surface area contributed by atoms with E-state index < -0.39 is 22.5 Å². The van der Waals surface area contributed by atoms with Crippen LogP contribution < -0.4 is 31.4 Å². The van der Waals surface area contributed by atoms with Gasteiger partial charge in [0, 0.05) is 48.4 Å². The van der Waals surface area contributed by atoms with Crippen molar-refractivity contribution in [3.63, 3.8) is 0 Å². The van der Waals surface area contributed by atoms with Crippen LogP contribution in [0.3, 0.4) is 0 Å². The number of fused-ring (bicyclic) bond motifs is 6. The monoisotopic (exact) mass is 568 g/mol. The fourth-order valence-electron chi connectivity index (χ4n) is 5.20. The zero-order valence-electron chi connectivity index (χ0n) is 23.5. The first-order chi connectivity index (χ1) is 20.0. The summed E-state index contributed by atoms with van der Waals surface area (Å²) in [5.41, 5.74) is -1.26. The predicted octanol–water partition coefficient (Wildman–Crippen LogP) is 3.94. The number of ether oxygens (including phenoxy) is 2. The number of carbonyl (C=O) groups is 2. The van der Waals surface area contributed by atoms with Gasteiger partial charge in [-0.1, -0.05) is 0 Å². The zero-order valence-corrected chi connectivity index (χ0v) is 23.5. The number of rotatable bonds is 5. The van der Waals surface area contributed by atoms with Gasteiger partial charge in [0.05, 0.1) is 22.3 Å². The number of nitrogens with one attached hydrogen (secondary N) is 2. The van der Waals surface area contributed by atoms with Crippen LogP contribution in [-0.4, -0.2) is 35.9 Å². The minimum absolute atomic E-state index is 0.267. The lowest BCUT2D eigenvalue weighted by Gasteiger charge is -2.33. The highest BCUT2D eigenvalue weighted by Gasteiger charge is 2.41. The molecule has 2 aliphatic heterocycles. The van der Waals surface area contributed by atoms with E-state index in [4.69, 9.17) is 18.3 Å². The van der Waals surface area contributed by atoms with Crippen molar-refractivity contribution in [2.75, 3.05) is 13.1 Å². The third-order valence-corrected chi connectivity index (χ3v) is 7.26. The molecule has 6 rings (SSSR count). The molecule has 0 saturated heterocycles. The first kappa shape index (κ1) is 27.1. The smallest absolute Gasteiger partial charge is 0.336 e. The summed E-state index contributed by atoms with van der Waals surface area (Å²) in [6.45, 7) is 7.47. The molecule has 0 radical (unpaired) electrons. The van der Waals surface area contributed by atoms with Crippen molar-refractivity contribution >= 4 is 44.7 Å². The molecule has 10 heteroatoms. The molecule has 4 heterocycles. The fraction of sp³-hybridized carbons (Fsp3) is 0.250. The number of hydrogen-bond acceptors (Lipinski definition) is 10. The number of ketones is 2. The van der Waals surface area contributed by atoms with Crippen LogP contribution in [0.2, 0.25) is 0 Å². The largest absolute Gasteiger partial charge is 0.479 e. The highest BCUT2D eigenvalue weighted by atomic mass is 16.5. The minimum atomic E-state index is -1.12. The Balaban J connectivity index is 1.27. The molecule has 10 nitrogen and oxygen atoms in total. The van der Waals surface area contributed by atoms with Crippen LogP contribution in [0, 0.1) is 0 Å². The Labute approximate surface area is 239 Å². The van der Waals surface area contributed by atoms with E-state index in [-0.39, 0.29) is 22.7 Å². The van der Waals surface area contributed by atoms with Crippen molar-refractivity contribution in [2.45, 2.75) is 38.9 Å². The van der Waals surface area contributed by atoms with E-state index in [1.165, 1.54) is 12.1 Å². The SMILES string of the molecule is CC1(C)Oc2ccc3ccc(=O)oc3c2/C(=C\NCCN/C=C2/C(=O)C(C)(C)Oc3ccc4ccc(=O)oc4c32)C1=O. The highest BCUT2D eigenvalue weighted by molar-refractivity contribution is 6.29. The Kier molecular flexibility index (Phi) is 6.29. The van der Waals surface area contributed by atoms with Gasteiger partial charge < -0.3 is 28.9 Å². The van der Waals surface area contributed by atoms with Crippen LogP contribution in [0.15, 0.2) is 79.4 Å². The van der Waals surface area contributed by atoms with Crippen LogP contribution in [0.1, 0.15) is 38.8 Å². The van der Waals surface area contributed by atoms with Crippen LogP contribution in [-0.2, 0) is 9.59 Å². The topological polar surface area (TPSA) is 137 Å². The molecular formula is C32H28N2O8. The summed E-state index contributed by atoms with van der Waals surface area (Å²) in [4.78, 5) is 50.7. The lowest BCUT2D eigenvalue weighted by Crippen LogP contribution is -2.42. The Morgan fingerprint density at radius 1 is 0.595 bits per heavy atom. The molecule has 0 fully saturated rings. The molecule has 2 aromatic heterocycles. The summed E-state index contributed by atoms with van der Waals surface area (Å²) in [5, 5.41) is 7.62. The van der Waals surface area contributed by atoms with Gasteiger partial charge in [-0.3, -0.25) is 9.59 Å². The van der Waals surface area contributed by atoms with Gasteiger partial charge in [0.2, 0.25) is 11.6 Å². The van der Waals surface area contributed by atoms with Gasteiger partial charge in [0.15, 0.2) is 11.2 Å². The first-order valence-corrected chi connectivity index (χ1v) is 13.5. The van der Waals surface area contributed by atoms with Crippen molar-refractivity contribution in [1.82, 2.24) is 10.6 Å². The number of carbonyl (C=O) groups excluding carboxylic acids is 2. The van der Waals surface area contributed by atoms with E-state index in [1.54, 1.807) is 76.5 Å². The highest BCUT2D eigenvalue weighted by Crippen LogP contribution is 2.42. The molecule has 0 spiro atoms. The molecule has 4 aromatic rings. The molecule has 42 heavy (non-hydrogen) atoms. The predicted molar refractivity (Wildman–Crippen MR) is 156 cm³/mol. The maximum atomic E-state index is 13.4. The van der Waals surface area contributed by atoms with Crippen LogP contribution in [0.25, 0.3) is 33.1 Å². The van der Waals surface area contributed by atoms with E-state index in [0.717, 1.165) is 0 Å². The lowest BCUT2D eigenvalue weighted by molar-refractivity contribution is -0.127. The van der Waals surface area contributed by atoms with Crippen LogP contribution in [0.5, 0.6) is 11.5 Å². The van der Waals surface area contributed by atoms with E-state index in [2.05, 4.69) is 10.6 Å². The van der Waals surface area contributed by atoms with E-state index in [1.807, 2.05) is 0 Å². The van der Waals surface area contributed by atoms with Crippen LogP contribution >= 0.6 is 0 Å². The van der Waals surface area contributed by atoms with Gasteiger partial charge in [-0.25, -0.2) is 9.59 Å². The molecule has 2 aromatic carbocycles. The molecular weight excluding hydrogens is 540 g/mol. The standard InChI is InChI=1S/C32H28N2O8/c1-31(2)29(37)19(25-21(41-31)9-5-17-7-11-23(35)39-27(17)25)15-33-13-14-34-16-20-26-22(42-32(3,4)30(20)38)10-6-18-8-12-24(36)40-28(18)26/h5-12,15-16,33-34H,13-14H2,1-4H3/b19-15+,20-16+. The van der Waals surface area contributed by atoms with Crippen molar-refractivity contribution in [1.29, 1.82) is 0 Å². The summed E-state index contributed by atoms with van der Waals surface area (Å²) in [6, 6.07) is 13.0. The van der Waals surface area contributed by atoms with Crippen molar-refractivity contribution in [2.24, 2.45) is 0 Å². The first-order valence-electron chi connectivity index (χ1n) is 13.5. The second kappa shape index (κ2) is 9.76. The quantitative estimate of drug-likeness (QED) is 0.207. The maximum absolute atomic E-state index is 13.4. The molecule has 0 atom stereocenters. The molecule has 214 valence electrons. The zero-order chi connectivity index (χ0) is 29.8. The Morgan fingerprint density at radius 2 is 0.976 bits per heavy atom. The number of hydrogen-bond donors (Lipinski definition) is 2. The van der Waals surface area contributed by atoms with Crippen molar-refractivity contribution in [3.8, 4) is 11.5 Å². The third-order valence-electron chi connectivity index (χ3n) is 7.26. The summed E-state index contributed by atoms with van der Waals surface area (Å²) in [6.07, 6.45) is 3.18. The van der Waals surface area contributed by atoms with E-state index in [0.29, 0.717) is 57.6 Å². The second-order valence-electron chi connectivity index (χ2n) is 11.1. The van der Waals surface area contributed by atoms with Crippen molar-refractivity contribution < 1.29 is 27.9 Å². The molecule has 2 N–H and O–H groups in total. The molecule has 0 unspecified atom stereocenters. The van der Waals surface area contributed by atoms with Gasteiger partial charge in [-0.05, 0) is 64.1 Å². The van der Waals surface area contributed by atoms with Gasteiger partial charge in [0.25, 0.3) is 0 Å². The average molecular weight is 569 g/mol. The fourth-order valence-corrected chi connectivity index (χ4v) is 5.20. The van der Waals surface area contributed by atoms with Gasteiger partial charge in [-0.15, -0.1) is 0 Å². The van der Waals surface area contributed by atoms with Crippen molar-refractivity contribution in [3.05, 3.63) is 92.9 Å². The molecule has 0 bridgehead atoms. The maximum Gasteiger partial charge on any atom is 0.336 e. The lowest BCUT2D eigenvalue weighted by atomic mass is 9.87. The second-order valence-corrected chi connectivity index (χ2v) is 11.1. The van der Waals surface area contributed by atoms with Gasteiger partial charge in [0.1, 0.15) is 22.7 Å². The Morgan fingerprint density at radius 3 is 1.38 bits per heavy atom. The summed E-state index contributed by atoms with van der Waals surface area (Å²) < 4.78 is 22.8. The summed E-state index contributed by atoms with van der Waals surface area (Å²) >= 11 is 0. The summed E-state index contributed by atoms with van der Waals surface area (Å²) in [5.74, 6) is 0.347. The summed E-state index contributed by atoms with van der Waals surface area (Å²) in [7, 11) is 0. The van der Waals surface area contributed by atoms with Crippen LogP contribution in [0.4, 0.5) is 0 Å². The molecule has 0 aliphatic carbocycles. The molecule has 0 saturated carbocycles. The van der Waals surface area contributed by atoms with E-state index in [9.17, 15) is 19.2 Å². The third kappa shape index (κ3) is 4.54. The minimum Gasteiger partial charge on any atom is -0.479 e. The average Bonchev–Trinajstić information content (AvgIpc) is 2.93. The van der Waals surface area contributed by atoms with Gasteiger partial charge >= 0.3 is 11.3 Å². The Hall–Kier alpha value is -5.12.